The van der Waals surface area contributed by atoms with E-state index in [2.05, 4.69) is 4.90 Å². The highest BCUT2D eigenvalue weighted by atomic mass is 16.5. The lowest BCUT2D eigenvalue weighted by Gasteiger charge is -2.28. The van der Waals surface area contributed by atoms with E-state index < -0.39 is 6.10 Å². The lowest BCUT2D eigenvalue weighted by Crippen LogP contribution is -2.39. The number of carbonyl (C=O) groups excluding carboxylic acids is 1. The summed E-state index contributed by atoms with van der Waals surface area (Å²) in [6.45, 7) is 2.44. The molecule has 0 amide bonds. The molecule has 1 N–H and O–H groups in total. The maximum absolute atomic E-state index is 11.2. The van der Waals surface area contributed by atoms with E-state index in [1.165, 1.54) is 0 Å². The average molecular weight is 460 g/mol. The Morgan fingerprint density at radius 1 is 1.12 bits per heavy atom. The van der Waals surface area contributed by atoms with E-state index >= 15 is 0 Å². The van der Waals surface area contributed by atoms with Crippen molar-refractivity contribution in [1.29, 1.82) is 0 Å². The van der Waals surface area contributed by atoms with E-state index in [9.17, 15) is 9.90 Å². The number of para-hydroxylation sites is 1. The molecule has 2 aromatic carbocycles. The Kier molecular flexibility index (Phi) is 9.35. The molecule has 2 aromatic rings. The van der Waals surface area contributed by atoms with Crippen LogP contribution >= 0.6 is 0 Å². The van der Waals surface area contributed by atoms with E-state index in [-0.39, 0.29) is 12.7 Å². The number of aldehydes is 1. The average Bonchev–Trinajstić information content (AvgIpc) is 3.35. The van der Waals surface area contributed by atoms with Crippen LogP contribution in [-0.4, -0.2) is 76.1 Å². The van der Waals surface area contributed by atoms with E-state index in [1.54, 1.807) is 45.6 Å². The molecule has 1 fully saturated rings. The minimum Gasteiger partial charge on any atom is -0.493 e. The molecule has 2 unspecified atom stereocenters. The minimum atomic E-state index is -0.756. The summed E-state index contributed by atoms with van der Waals surface area (Å²) in [6.07, 6.45) is 2.14. The van der Waals surface area contributed by atoms with Gasteiger partial charge in [-0.25, -0.2) is 0 Å². The molecule has 33 heavy (non-hydrogen) atoms. The van der Waals surface area contributed by atoms with Crippen LogP contribution in [0.25, 0.3) is 0 Å². The molecule has 180 valence electrons. The largest absolute Gasteiger partial charge is 0.493 e. The molecule has 0 saturated carbocycles. The van der Waals surface area contributed by atoms with Crippen molar-refractivity contribution in [3.8, 4) is 23.0 Å². The number of rotatable bonds is 13. The van der Waals surface area contributed by atoms with Crippen LogP contribution in [0.1, 0.15) is 28.8 Å². The normalized spacial score (nSPS) is 16.5. The molecule has 0 radical (unpaired) electrons. The van der Waals surface area contributed by atoms with Crippen LogP contribution in [0.15, 0.2) is 36.4 Å². The van der Waals surface area contributed by atoms with Crippen LogP contribution in [0.2, 0.25) is 0 Å². The van der Waals surface area contributed by atoms with Gasteiger partial charge in [-0.3, -0.25) is 9.69 Å². The predicted molar refractivity (Wildman–Crippen MR) is 124 cm³/mol. The molecule has 1 heterocycles. The van der Waals surface area contributed by atoms with E-state index in [0.29, 0.717) is 48.2 Å². The summed E-state index contributed by atoms with van der Waals surface area (Å²) in [4.78, 5) is 13.3. The number of aliphatic hydroxyl groups excluding tert-OH is 1. The first kappa shape index (κ1) is 24.8. The van der Waals surface area contributed by atoms with Gasteiger partial charge in [-0.2, -0.15) is 0 Å². The Labute approximate surface area is 195 Å². The van der Waals surface area contributed by atoms with Gasteiger partial charge in [0.25, 0.3) is 0 Å². The molecule has 0 aromatic heterocycles. The maximum Gasteiger partial charge on any atom is 0.203 e. The van der Waals surface area contributed by atoms with Crippen molar-refractivity contribution < 1.29 is 33.6 Å². The molecular weight excluding hydrogens is 426 g/mol. The maximum atomic E-state index is 11.2. The van der Waals surface area contributed by atoms with Crippen LogP contribution in [0.3, 0.4) is 0 Å². The first-order chi connectivity index (χ1) is 16.1. The SMILES string of the molecule is COc1cc(CN(CC(O)COc2ccccc2C=O)CC2CCCO2)cc(OC)c1OC. The smallest absolute Gasteiger partial charge is 0.203 e. The summed E-state index contributed by atoms with van der Waals surface area (Å²) in [5.74, 6) is 2.16. The summed E-state index contributed by atoms with van der Waals surface area (Å²) < 4.78 is 27.9. The quantitative estimate of drug-likeness (QED) is 0.458. The van der Waals surface area contributed by atoms with Crippen molar-refractivity contribution in [3.63, 3.8) is 0 Å². The zero-order valence-corrected chi connectivity index (χ0v) is 19.5. The molecular formula is C25H33NO7. The number of hydrogen-bond acceptors (Lipinski definition) is 8. The second-order valence-electron chi connectivity index (χ2n) is 7.98. The number of aliphatic hydroxyl groups is 1. The Morgan fingerprint density at radius 3 is 2.45 bits per heavy atom. The molecule has 2 atom stereocenters. The lowest BCUT2D eigenvalue weighted by atomic mass is 10.1. The molecule has 0 bridgehead atoms. The molecule has 0 aliphatic carbocycles. The Bertz CT molecular complexity index is 873. The number of ether oxygens (including phenoxy) is 5. The van der Waals surface area contributed by atoms with E-state index in [1.807, 2.05) is 12.1 Å². The zero-order chi connectivity index (χ0) is 23.6. The monoisotopic (exact) mass is 459 g/mol. The van der Waals surface area contributed by atoms with Crippen molar-refractivity contribution in [2.75, 3.05) is 47.6 Å². The minimum absolute atomic E-state index is 0.0716. The second-order valence-corrected chi connectivity index (χ2v) is 7.98. The third-order valence-electron chi connectivity index (χ3n) is 5.56. The third kappa shape index (κ3) is 6.83. The van der Waals surface area contributed by atoms with Crippen molar-refractivity contribution in [2.45, 2.75) is 31.6 Å². The highest BCUT2D eigenvalue weighted by molar-refractivity contribution is 5.79. The van der Waals surface area contributed by atoms with Crippen molar-refractivity contribution in [3.05, 3.63) is 47.5 Å². The van der Waals surface area contributed by atoms with Gasteiger partial charge in [-0.15, -0.1) is 0 Å². The Balaban J connectivity index is 1.71. The van der Waals surface area contributed by atoms with E-state index in [4.69, 9.17) is 23.7 Å². The Hall–Kier alpha value is -2.81. The van der Waals surface area contributed by atoms with E-state index in [0.717, 1.165) is 31.3 Å². The second kappa shape index (κ2) is 12.4. The van der Waals surface area contributed by atoms with Crippen LogP contribution < -0.4 is 18.9 Å². The van der Waals surface area contributed by atoms with Gasteiger partial charge < -0.3 is 28.8 Å². The molecule has 1 aliphatic rings. The van der Waals surface area contributed by atoms with Crippen LogP contribution in [0.4, 0.5) is 0 Å². The van der Waals surface area contributed by atoms with Gasteiger partial charge >= 0.3 is 0 Å². The molecule has 8 heteroatoms. The van der Waals surface area contributed by atoms with Crippen molar-refractivity contribution in [1.82, 2.24) is 4.90 Å². The van der Waals surface area contributed by atoms with Crippen molar-refractivity contribution >= 4 is 6.29 Å². The van der Waals surface area contributed by atoms with Crippen molar-refractivity contribution in [2.24, 2.45) is 0 Å². The fraction of sp³-hybridized carbons (Fsp3) is 0.480. The van der Waals surface area contributed by atoms with Crippen LogP contribution in [0, 0.1) is 0 Å². The predicted octanol–water partition coefficient (Wildman–Crippen LogP) is 2.95. The highest BCUT2D eigenvalue weighted by Crippen LogP contribution is 2.38. The lowest BCUT2D eigenvalue weighted by molar-refractivity contribution is 0.0312. The number of hydrogen-bond donors (Lipinski definition) is 1. The zero-order valence-electron chi connectivity index (χ0n) is 19.5. The topological polar surface area (TPSA) is 86.7 Å². The molecule has 3 rings (SSSR count). The van der Waals surface area contributed by atoms with Gasteiger partial charge in [-0.05, 0) is 42.7 Å². The Morgan fingerprint density at radius 2 is 1.85 bits per heavy atom. The summed E-state index contributed by atoms with van der Waals surface area (Å²) in [5.41, 5.74) is 1.42. The molecule has 1 aliphatic heterocycles. The van der Waals surface area contributed by atoms with Crippen LogP contribution in [0.5, 0.6) is 23.0 Å². The van der Waals surface area contributed by atoms with Gasteiger partial charge in [0, 0.05) is 26.2 Å². The molecule has 1 saturated heterocycles. The van der Waals surface area contributed by atoms with Gasteiger partial charge in [0.05, 0.1) is 33.0 Å². The van der Waals surface area contributed by atoms with Gasteiger partial charge in [0.2, 0.25) is 5.75 Å². The molecule has 0 spiro atoms. The number of carbonyl (C=O) groups is 1. The number of benzene rings is 2. The standard InChI is InChI=1S/C25H33NO7/c1-29-23-11-18(12-24(30-2)25(23)31-3)13-26(15-21-8-6-10-32-21)14-20(28)17-33-22-9-5-4-7-19(22)16-27/h4-5,7,9,11-12,16,20-21,28H,6,8,10,13-15,17H2,1-3H3. The van der Waals surface area contributed by atoms with Gasteiger partial charge in [0.15, 0.2) is 17.8 Å². The fourth-order valence-corrected chi connectivity index (χ4v) is 4.01. The number of methoxy groups -OCH3 is 3. The van der Waals surface area contributed by atoms with Gasteiger partial charge in [0.1, 0.15) is 18.5 Å². The first-order valence-electron chi connectivity index (χ1n) is 11.1. The number of nitrogens with zero attached hydrogens (tertiary/aromatic N) is 1. The summed E-state index contributed by atoms with van der Waals surface area (Å²) in [7, 11) is 4.75. The highest BCUT2D eigenvalue weighted by Gasteiger charge is 2.23. The summed E-state index contributed by atoms with van der Waals surface area (Å²) in [6, 6.07) is 10.8. The first-order valence-corrected chi connectivity index (χ1v) is 11.1. The fourth-order valence-electron chi connectivity index (χ4n) is 4.01. The van der Waals surface area contributed by atoms with Gasteiger partial charge in [-0.1, -0.05) is 12.1 Å². The summed E-state index contributed by atoms with van der Waals surface area (Å²) in [5, 5.41) is 10.7. The van der Waals surface area contributed by atoms with Crippen LogP contribution in [-0.2, 0) is 11.3 Å². The molecule has 8 nitrogen and oxygen atoms in total. The summed E-state index contributed by atoms with van der Waals surface area (Å²) >= 11 is 0. The third-order valence-corrected chi connectivity index (χ3v) is 5.56.